The van der Waals surface area contributed by atoms with Crippen LogP contribution in [0.25, 0.3) is 0 Å². The summed E-state index contributed by atoms with van der Waals surface area (Å²) in [6, 6.07) is 0. The van der Waals surface area contributed by atoms with Gasteiger partial charge in [0.25, 0.3) is 0 Å². The molecule has 90 valence electrons. The van der Waals surface area contributed by atoms with E-state index in [1.165, 1.54) is 4.68 Å². The van der Waals surface area contributed by atoms with Gasteiger partial charge in [-0.15, -0.1) is 5.10 Å². The van der Waals surface area contributed by atoms with Gasteiger partial charge < -0.3 is 11.1 Å². The van der Waals surface area contributed by atoms with Crippen LogP contribution < -0.4 is 11.1 Å². The summed E-state index contributed by atoms with van der Waals surface area (Å²) >= 11 is 0. The van der Waals surface area contributed by atoms with Crippen molar-refractivity contribution in [3.05, 3.63) is 11.9 Å². The molecular formula is C10H19N5O. The number of nitrogens with two attached hydrogens (primary N) is 1. The van der Waals surface area contributed by atoms with E-state index in [0.29, 0.717) is 12.2 Å². The molecule has 1 amide bonds. The zero-order valence-electron chi connectivity index (χ0n) is 10.0. The van der Waals surface area contributed by atoms with Crippen LogP contribution in [0.5, 0.6) is 0 Å². The van der Waals surface area contributed by atoms with Crippen LogP contribution in [0.15, 0.2) is 6.20 Å². The molecule has 6 nitrogen and oxygen atoms in total. The van der Waals surface area contributed by atoms with Crippen molar-refractivity contribution in [2.45, 2.75) is 45.8 Å². The van der Waals surface area contributed by atoms with Crippen LogP contribution in [0, 0.1) is 0 Å². The first kappa shape index (κ1) is 12.6. The van der Waals surface area contributed by atoms with Gasteiger partial charge in [0.05, 0.1) is 11.9 Å². The molecule has 3 N–H and O–H groups in total. The summed E-state index contributed by atoms with van der Waals surface area (Å²) in [5, 5.41) is 10.5. The van der Waals surface area contributed by atoms with E-state index in [0.717, 1.165) is 6.42 Å². The van der Waals surface area contributed by atoms with E-state index in [4.69, 9.17) is 5.73 Å². The van der Waals surface area contributed by atoms with E-state index >= 15 is 0 Å². The maximum Gasteiger partial charge on any atom is 0.242 e. The summed E-state index contributed by atoms with van der Waals surface area (Å²) in [5.41, 5.74) is 5.90. The molecule has 1 heterocycles. The highest BCUT2D eigenvalue weighted by Crippen LogP contribution is 2.06. The summed E-state index contributed by atoms with van der Waals surface area (Å²) < 4.78 is 1.49. The maximum absolute atomic E-state index is 11.7. The van der Waals surface area contributed by atoms with E-state index in [1.54, 1.807) is 6.20 Å². The normalized spacial score (nSPS) is 11.5. The zero-order valence-corrected chi connectivity index (χ0v) is 10.0. The lowest BCUT2D eigenvalue weighted by Crippen LogP contribution is -2.44. The molecule has 0 aromatic carbocycles. The van der Waals surface area contributed by atoms with Crippen LogP contribution >= 0.6 is 0 Å². The van der Waals surface area contributed by atoms with E-state index < -0.39 is 0 Å². The Morgan fingerprint density at radius 3 is 2.81 bits per heavy atom. The van der Waals surface area contributed by atoms with Gasteiger partial charge in [0.2, 0.25) is 5.91 Å². The van der Waals surface area contributed by atoms with E-state index in [2.05, 4.69) is 15.6 Å². The second-order valence-electron chi connectivity index (χ2n) is 4.40. The summed E-state index contributed by atoms with van der Waals surface area (Å²) in [6.45, 7) is 6.51. The van der Waals surface area contributed by atoms with Crippen LogP contribution in [0.2, 0.25) is 0 Å². The standard InChI is InChI=1S/C10H19N5O/c1-4-10(2,3)12-9(16)7-15-6-8(5-11)13-14-15/h6H,4-5,7,11H2,1-3H3,(H,12,16). The summed E-state index contributed by atoms with van der Waals surface area (Å²) in [6.07, 6.45) is 2.56. The predicted molar refractivity (Wildman–Crippen MR) is 60.4 cm³/mol. The van der Waals surface area contributed by atoms with E-state index in [9.17, 15) is 4.79 Å². The zero-order chi connectivity index (χ0) is 12.2. The van der Waals surface area contributed by atoms with Gasteiger partial charge in [-0.1, -0.05) is 12.1 Å². The Kier molecular flexibility index (Phi) is 4.00. The second kappa shape index (κ2) is 5.07. The van der Waals surface area contributed by atoms with Gasteiger partial charge in [0.15, 0.2) is 0 Å². The molecule has 16 heavy (non-hydrogen) atoms. The first-order chi connectivity index (χ1) is 7.46. The molecule has 0 radical (unpaired) electrons. The predicted octanol–water partition coefficient (Wildman–Crippen LogP) is 0.0416. The van der Waals surface area contributed by atoms with Crippen molar-refractivity contribution in [3.63, 3.8) is 0 Å². The van der Waals surface area contributed by atoms with Crippen molar-refractivity contribution in [2.75, 3.05) is 0 Å². The number of aromatic nitrogens is 3. The lowest BCUT2D eigenvalue weighted by atomic mass is 10.0. The van der Waals surface area contributed by atoms with Gasteiger partial charge in [-0.2, -0.15) is 0 Å². The van der Waals surface area contributed by atoms with E-state index in [-0.39, 0.29) is 18.0 Å². The Labute approximate surface area is 95.2 Å². The highest BCUT2D eigenvalue weighted by atomic mass is 16.2. The minimum Gasteiger partial charge on any atom is -0.350 e. The SMILES string of the molecule is CCC(C)(C)NC(=O)Cn1cc(CN)nn1. The minimum atomic E-state index is -0.186. The quantitative estimate of drug-likeness (QED) is 0.741. The molecule has 0 saturated heterocycles. The van der Waals surface area contributed by atoms with Crippen LogP contribution in [-0.4, -0.2) is 26.4 Å². The van der Waals surface area contributed by atoms with Crippen molar-refractivity contribution in [1.29, 1.82) is 0 Å². The third kappa shape index (κ3) is 3.62. The highest BCUT2D eigenvalue weighted by molar-refractivity contribution is 5.76. The Bertz CT molecular complexity index is 358. The first-order valence-corrected chi connectivity index (χ1v) is 5.37. The molecule has 0 fully saturated rings. The Morgan fingerprint density at radius 1 is 1.62 bits per heavy atom. The number of rotatable bonds is 5. The number of nitrogens with zero attached hydrogens (tertiary/aromatic N) is 3. The van der Waals surface area contributed by atoms with Gasteiger partial charge >= 0.3 is 0 Å². The molecule has 0 spiro atoms. The maximum atomic E-state index is 11.7. The topological polar surface area (TPSA) is 85.8 Å². The Hall–Kier alpha value is -1.43. The third-order valence-corrected chi connectivity index (χ3v) is 2.46. The lowest BCUT2D eigenvalue weighted by Gasteiger charge is -2.24. The largest absolute Gasteiger partial charge is 0.350 e. The molecule has 0 bridgehead atoms. The smallest absolute Gasteiger partial charge is 0.242 e. The summed E-state index contributed by atoms with van der Waals surface area (Å²) in [4.78, 5) is 11.7. The Morgan fingerprint density at radius 2 is 2.31 bits per heavy atom. The lowest BCUT2D eigenvalue weighted by molar-refractivity contribution is -0.123. The van der Waals surface area contributed by atoms with Crippen LogP contribution in [0.3, 0.4) is 0 Å². The molecule has 1 aromatic heterocycles. The molecule has 0 unspecified atom stereocenters. The number of hydrogen-bond acceptors (Lipinski definition) is 4. The fraction of sp³-hybridized carbons (Fsp3) is 0.700. The van der Waals surface area contributed by atoms with Gasteiger partial charge in [-0.3, -0.25) is 4.79 Å². The molecule has 0 saturated carbocycles. The average Bonchev–Trinajstić information content (AvgIpc) is 2.64. The van der Waals surface area contributed by atoms with E-state index in [1.807, 2.05) is 20.8 Å². The number of hydrogen-bond donors (Lipinski definition) is 2. The van der Waals surface area contributed by atoms with Gasteiger partial charge in [-0.25, -0.2) is 4.68 Å². The molecule has 1 aromatic rings. The number of carbonyl (C=O) groups excluding carboxylic acids is 1. The number of amides is 1. The fourth-order valence-electron chi connectivity index (χ4n) is 1.16. The molecule has 6 heteroatoms. The van der Waals surface area contributed by atoms with Gasteiger partial charge in [0, 0.05) is 12.1 Å². The number of nitrogens with one attached hydrogen (secondary N) is 1. The summed E-state index contributed by atoms with van der Waals surface area (Å²) in [5.74, 6) is -0.0691. The fourth-order valence-corrected chi connectivity index (χ4v) is 1.16. The molecule has 1 rings (SSSR count). The molecule has 0 aliphatic heterocycles. The number of carbonyl (C=O) groups is 1. The van der Waals surface area contributed by atoms with Crippen molar-refractivity contribution in [2.24, 2.45) is 5.73 Å². The van der Waals surface area contributed by atoms with Crippen molar-refractivity contribution < 1.29 is 4.79 Å². The van der Waals surface area contributed by atoms with Crippen molar-refractivity contribution >= 4 is 5.91 Å². The second-order valence-corrected chi connectivity index (χ2v) is 4.40. The van der Waals surface area contributed by atoms with Crippen LogP contribution in [-0.2, 0) is 17.9 Å². The average molecular weight is 225 g/mol. The third-order valence-electron chi connectivity index (χ3n) is 2.46. The molecule has 0 atom stereocenters. The first-order valence-electron chi connectivity index (χ1n) is 5.37. The molecular weight excluding hydrogens is 206 g/mol. The van der Waals surface area contributed by atoms with Crippen molar-refractivity contribution in [3.8, 4) is 0 Å². The summed E-state index contributed by atoms with van der Waals surface area (Å²) in [7, 11) is 0. The van der Waals surface area contributed by atoms with Gasteiger partial charge in [0.1, 0.15) is 6.54 Å². The van der Waals surface area contributed by atoms with Crippen molar-refractivity contribution in [1.82, 2.24) is 20.3 Å². The molecule has 0 aliphatic carbocycles. The van der Waals surface area contributed by atoms with Crippen LogP contribution in [0.1, 0.15) is 32.9 Å². The Balaban J connectivity index is 2.51. The highest BCUT2D eigenvalue weighted by Gasteiger charge is 2.18. The minimum absolute atomic E-state index is 0.0691. The van der Waals surface area contributed by atoms with Gasteiger partial charge in [-0.05, 0) is 20.3 Å². The monoisotopic (exact) mass is 225 g/mol. The van der Waals surface area contributed by atoms with Crippen LogP contribution in [0.4, 0.5) is 0 Å². The molecule has 0 aliphatic rings.